The summed E-state index contributed by atoms with van der Waals surface area (Å²) in [6, 6.07) is 3.88. The highest BCUT2D eigenvalue weighted by Gasteiger charge is 2.24. The molecule has 1 saturated carbocycles. The average Bonchev–Trinajstić information content (AvgIpc) is 3.47. The molecule has 3 aromatic rings. The van der Waals surface area contributed by atoms with Crippen molar-refractivity contribution in [2.24, 2.45) is 13.0 Å². The Morgan fingerprint density at radius 3 is 2.71 bits per heavy atom. The van der Waals surface area contributed by atoms with Crippen molar-refractivity contribution in [3.8, 4) is 17.0 Å². The first-order valence-electron chi connectivity index (χ1n) is 8.73. The van der Waals surface area contributed by atoms with Gasteiger partial charge in [0.05, 0.1) is 18.2 Å². The van der Waals surface area contributed by atoms with Gasteiger partial charge in [-0.15, -0.1) is 0 Å². The van der Waals surface area contributed by atoms with Crippen LogP contribution in [0.1, 0.15) is 12.8 Å². The lowest BCUT2D eigenvalue weighted by molar-refractivity contribution is 0.298. The van der Waals surface area contributed by atoms with Crippen LogP contribution < -0.4 is 10.3 Å². The summed E-state index contributed by atoms with van der Waals surface area (Å²) in [6.45, 7) is 0.479. The van der Waals surface area contributed by atoms with Crippen molar-refractivity contribution in [1.29, 1.82) is 0 Å². The van der Waals surface area contributed by atoms with E-state index in [0.717, 1.165) is 25.2 Å². The zero-order valence-corrected chi connectivity index (χ0v) is 16.2. The van der Waals surface area contributed by atoms with Gasteiger partial charge in [-0.1, -0.05) is 6.07 Å². The van der Waals surface area contributed by atoms with E-state index in [1.54, 1.807) is 13.2 Å². The van der Waals surface area contributed by atoms with Crippen molar-refractivity contribution in [2.75, 3.05) is 12.9 Å². The number of aromatic nitrogens is 3. The molecular weight excluding hydrogens is 385 g/mol. The highest BCUT2D eigenvalue weighted by molar-refractivity contribution is 7.90. The molecule has 1 aliphatic rings. The molecule has 146 valence electrons. The number of benzene rings is 1. The second-order valence-corrected chi connectivity index (χ2v) is 8.95. The van der Waals surface area contributed by atoms with Gasteiger partial charge >= 0.3 is 0 Å². The molecular formula is C19H18FN3O4S. The van der Waals surface area contributed by atoms with Crippen molar-refractivity contribution in [3.05, 3.63) is 46.8 Å². The number of pyridine rings is 1. The van der Waals surface area contributed by atoms with Crippen molar-refractivity contribution in [3.63, 3.8) is 0 Å². The Hall–Kier alpha value is -2.81. The fraction of sp³-hybridized carbons (Fsp3) is 0.316. The summed E-state index contributed by atoms with van der Waals surface area (Å²) in [5, 5.41) is 0.289. The van der Waals surface area contributed by atoms with Crippen LogP contribution >= 0.6 is 0 Å². The number of hydrogen-bond donors (Lipinski definition) is 0. The molecule has 1 aliphatic carbocycles. The van der Waals surface area contributed by atoms with E-state index in [0.29, 0.717) is 29.2 Å². The number of sulfone groups is 1. The smallest absolute Gasteiger partial charge is 0.258 e. The predicted molar refractivity (Wildman–Crippen MR) is 102 cm³/mol. The maximum absolute atomic E-state index is 13.7. The van der Waals surface area contributed by atoms with Gasteiger partial charge in [0.1, 0.15) is 11.5 Å². The molecule has 0 aliphatic heterocycles. The molecule has 4 rings (SSSR count). The topological polar surface area (TPSA) is 91.2 Å². The van der Waals surface area contributed by atoms with Crippen LogP contribution in [-0.4, -0.2) is 35.8 Å². The van der Waals surface area contributed by atoms with Gasteiger partial charge in [0, 0.05) is 25.1 Å². The summed E-state index contributed by atoms with van der Waals surface area (Å²) < 4.78 is 44.8. The van der Waals surface area contributed by atoms with Gasteiger partial charge in [-0.05, 0) is 36.3 Å². The highest BCUT2D eigenvalue weighted by Crippen LogP contribution is 2.35. The Balaban J connectivity index is 1.98. The van der Waals surface area contributed by atoms with Gasteiger partial charge in [0.15, 0.2) is 5.75 Å². The normalized spacial score (nSPS) is 14.4. The van der Waals surface area contributed by atoms with E-state index in [-0.39, 0.29) is 21.8 Å². The van der Waals surface area contributed by atoms with Crippen LogP contribution in [0.2, 0.25) is 0 Å². The molecule has 0 amide bonds. The van der Waals surface area contributed by atoms with Gasteiger partial charge in [0.25, 0.3) is 5.56 Å². The molecule has 2 aromatic heterocycles. The van der Waals surface area contributed by atoms with Crippen LogP contribution in [0.5, 0.6) is 5.75 Å². The molecule has 9 heteroatoms. The average molecular weight is 403 g/mol. The molecule has 0 saturated heterocycles. The SMILES string of the molecule is Cn1cc(-c2nc(S(C)(=O)=O)ncc2OCC2CC2)c2ccc(F)cc2c1=O. The molecule has 0 atom stereocenters. The number of rotatable bonds is 5. The number of hydrogen-bond acceptors (Lipinski definition) is 6. The number of fused-ring (bicyclic) bond motifs is 1. The molecule has 1 fully saturated rings. The fourth-order valence-electron chi connectivity index (χ4n) is 2.95. The molecule has 7 nitrogen and oxygen atoms in total. The minimum atomic E-state index is -3.65. The van der Waals surface area contributed by atoms with E-state index < -0.39 is 15.7 Å². The molecule has 1 aromatic carbocycles. The van der Waals surface area contributed by atoms with Crippen LogP contribution in [-0.2, 0) is 16.9 Å². The lowest BCUT2D eigenvalue weighted by Crippen LogP contribution is -2.17. The minimum Gasteiger partial charge on any atom is -0.489 e. The van der Waals surface area contributed by atoms with Gasteiger partial charge in [0.2, 0.25) is 15.0 Å². The van der Waals surface area contributed by atoms with Crippen molar-refractivity contribution in [2.45, 2.75) is 18.0 Å². The molecule has 0 spiro atoms. The fourth-order valence-corrected chi connectivity index (χ4v) is 3.45. The summed E-state index contributed by atoms with van der Waals surface area (Å²) in [5.41, 5.74) is 0.356. The second-order valence-electron chi connectivity index (χ2n) is 7.04. The van der Waals surface area contributed by atoms with Gasteiger partial charge in [-0.3, -0.25) is 4.79 Å². The van der Waals surface area contributed by atoms with Crippen LogP contribution in [0.3, 0.4) is 0 Å². The molecule has 0 N–H and O–H groups in total. The first kappa shape index (κ1) is 18.5. The van der Waals surface area contributed by atoms with Crippen molar-refractivity contribution in [1.82, 2.24) is 14.5 Å². The number of aryl methyl sites for hydroxylation is 1. The Morgan fingerprint density at radius 1 is 1.29 bits per heavy atom. The Morgan fingerprint density at radius 2 is 2.04 bits per heavy atom. The van der Waals surface area contributed by atoms with Gasteiger partial charge in [-0.2, -0.15) is 0 Å². The maximum Gasteiger partial charge on any atom is 0.258 e. The zero-order valence-electron chi connectivity index (χ0n) is 15.3. The van der Waals surface area contributed by atoms with E-state index in [1.165, 1.54) is 22.9 Å². The lowest BCUT2D eigenvalue weighted by Gasteiger charge is -2.14. The van der Waals surface area contributed by atoms with E-state index in [4.69, 9.17) is 4.74 Å². The summed E-state index contributed by atoms with van der Waals surface area (Å²) in [7, 11) is -2.11. The monoisotopic (exact) mass is 403 g/mol. The molecule has 0 unspecified atom stereocenters. The third kappa shape index (κ3) is 3.49. The van der Waals surface area contributed by atoms with E-state index >= 15 is 0 Å². The van der Waals surface area contributed by atoms with Crippen LogP contribution in [0.4, 0.5) is 4.39 Å². The molecule has 28 heavy (non-hydrogen) atoms. The summed E-state index contributed by atoms with van der Waals surface area (Å²) in [5.74, 6) is 0.253. The summed E-state index contributed by atoms with van der Waals surface area (Å²) in [6.07, 6.45) is 6.06. The largest absolute Gasteiger partial charge is 0.489 e. The summed E-state index contributed by atoms with van der Waals surface area (Å²) >= 11 is 0. The minimum absolute atomic E-state index is 0.174. The predicted octanol–water partition coefficient (Wildman–Crippen LogP) is 2.33. The molecule has 0 bridgehead atoms. The maximum atomic E-state index is 13.7. The van der Waals surface area contributed by atoms with Gasteiger partial charge in [-0.25, -0.2) is 22.8 Å². The molecule has 0 radical (unpaired) electrons. The second kappa shape index (κ2) is 6.66. The van der Waals surface area contributed by atoms with Crippen LogP contribution in [0, 0.1) is 11.7 Å². The van der Waals surface area contributed by atoms with Crippen molar-refractivity contribution >= 4 is 20.6 Å². The zero-order chi connectivity index (χ0) is 20.1. The molecule has 2 heterocycles. The van der Waals surface area contributed by atoms with E-state index in [1.807, 2.05) is 0 Å². The third-order valence-electron chi connectivity index (χ3n) is 4.64. The van der Waals surface area contributed by atoms with E-state index in [2.05, 4.69) is 9.97 Å². The Labute approximate surface area is 160 Å². The van der Waals surface area contributed by atoms with Crippen LogP contribution in [0.25, 0.3) is 22.0 Å². The Kier molecular flexibility index (Phi) is 4.41. The summed E-state index contributed by atoms with van der Waals surface area (Å²) in [4.78, 5) is 20.6. The number of nitrogens with zero attached hydrogens (tertiary/aromatic N) is 3. The first-order valence-corrected chi connectivity index (χ1v) is 10.6. The van der Waals surface area contributed by atoms with Crippen molar-refractivity contribution < 1.29 is 17.5 Å². The quantitative estimate of drug-likeness (QED) is 0.607. The van der Waals surface area contributed by atoms with Gasteiger partial charge < -0.3 is 9.30 Å². The van der Waals surface area contributed by atoms with Crippen LogP contribution in [0.15, 0.2) is 40.5 Å². The highest BCUT2D eigenvalue weighted by atomic mass is 32.2. The Bertz CT molecular complexity index is 1250. The first-order chi connectivity index (χ1) is 13.2. The number of ether oxygens (including phenoxy) is 1. The van der Waals surface area contributed by atoms with E-state index in [9.17, 15) is 17.6 Å². The third-order valence-corrected chi connectivity index (χ3v) is 5.50. The lowest BCUT2D eigenvalue weighted by atomic mass is 10.0. The number of halogens is 1. The standard InChI is InChI=1S/C19H18FN3O4S/c1-23-9-15(13-6-5-12(20)7-14(13)18(23)24)17-16(27-10-11-3-4-11)8-21-19(22-17)28(2,25)26/h5-9,11H,3-4,10H2,1-2H3.